The van der Waals surface area contributed by atoms with Gasteiger partial charge in [-0.05, 0) is 30.3 Å². The van der Waals surface area contributed by atoms with Gasteiger partial charge in [-0.1, -0.05) is 29.8 Å². The van der Waals surface area contributed by atoms with Crippen molar-refractivity contribution in [1.29, 1.82) is 0 Å². The lowest BCUT2D eigenvalue weighted by Crippen LogP contribution is -1.90. The van der Waals surface area contributed by atoms with Gasteiger partial charge in [0.05, 0.1) is 11.9 Å². The summed E-state index contributed by atoms with van der Waals surface area (Å²) in [6.07, 6.45) is 1.56. The van der Waals surface area contributed by atoms with Crippen molar-refractivity contribution < 1.29 is 5.11 Å². The zero-order valence-corrected chi connectivity index (χ0v) is 9.72. The first-order chi connectivity index (χ1) is 8.25. The highest BCUT2D eigenvalue weighted by Crippen LogP contribution is 2.19. The van der Waals surface area contributed by atoms with E-state index < -0.39 is 0 Å². The van der Waals surface area contributed by atoms with Crippen LogP contribution in [0.3, 0.4) is 0 Å². The molecule has 0 saturated heterocycles. The van der Waals surface area contributed by atoms with Crippen LogP contribution in [0, 0.1) is 0 Å². The fourth-order valence-electron chi connectivity index (χ4n) is 1.32. The maximum atomic E-state index is 9.31. The number of para-hydroxylation sites is 1. The van der Waals surface area contributed by atoms with Gasteiger partial charge >= 0.3 is 0 Å². The predicted molar refractivity (Wildman–Crippen MR) is 70.8 cm³/mol. The quantitative estimate of drug-likeness (QED) is 0.643. The standard InChI is InChI=1S/C13H11ClN2O/c14-13-7-6-12(17)8-10(13)9-15-16-11-4-2-1-3-5-11/h1-9,16-17H. The molecule has 0 spiro atoms. The largest absolute Gasteiger partial charge is 0.508 e. The van der Waals surface area contributed by atoms with Crippen molar-refractivity contribution in [3.8, 4) is 5.75 Å². The Hall–Kier alpha value is -2.00. The molecule has 0 heterocycles. The normalized spacial score (nSPS) is 10.6. The Kier molecular flexibility index (Phi) is 3.62. The molecule has 0 saturated carbocycles. The fraction of sp³-hybridized carbons (Fsp3) is 0. The van der Waals surface area contributed by atoms with E-state index in [1.165, 1.54) is 6.07 Å². The van der Waals surface area contributed by atoms with E-state index in [-0.39, 0.29) is 5.75 Å². The second-order valence-corrected chi connectivity index (χ2v) is 3.85. The molecule has 0 aliphatic carbocycles. The summed E-state index contributed by atoms with van der Waals surface area (Å²) in [4.78, 5) is 0. The van der Waals surface area contributed by atoms with Crippen LogP contribution in [-0.2, 0) is 0 Å². The molecule has 0 amide bonds. The lowest BCUT2D eigenvalue weighted by atomic mass is 10.2. The van der Waals surface area contributed by atoms with Crippen LogP contribution in [-0.4, -0.2) is 11.3 Å². The van der Waals surface area contributed by atoms with Crippen LogP contribution in [0.25, 0.3) is 0 Å². The number of rotatable bonds is 3. The van der Waals surface area contributed by atoms with Crippen molar-refractivity contribution in [2.24, 2.45) is 5.10 Å². The topological polar surface area (TPSA) is 44.6 Å². The summed E-state index contributed by atoms with van der Waals surface area (Å²) in [5.74, 6) is 0.163. The molecule has 2 aromatic carbocycles. The van der Waals surface area contributed by atoms with Gasteiger partial charge in [0.25, 0.3) is 0 Å². The van der Waals surface area contributed by atoms with E-state index in [0.29, 0.717) is 10.6 Å². The molecule has 17 heavy (non-hydrogen) atoms. The molecule has 0 aromatic heterocycles. The first-order valence-electron chi connectivity index (χ1n) is 5.08. The van der Waals surface area contributed by atoms with Crippen molar-refractivity contribution in [1.82, 2.24) is 0 Å². The van der Waals surface area contributed by atoms with Crippen LogP contribution in [0.4, 0.5) is 5.69 Å². The summed E-state index contributed by atoms with van der Waals surface area (Å²) in [5, 5.41) is 13.9. The number of aromatic hydroxyl groups is 1. The van der Waals surface area contributed by atoms with E-state index in [4.69, 9.17) is 11.6 Å². The third-order valence-electron chi connectivity index (χ3n) is 2.15. The first kappa shape index (κ1) is 11.5. The molecule has 0 bridgehead atoms. The van der Waals surface area contributed by atoms with Gasteiger partial charge in [-0.15, -0.1) is 0 Å². The van der Waals surface area contributed by atoms with E-state index in [2.05, 4.69) is 10.5 Å². The molecule has 2 rings (SSSR count). The van der Waals surface area contributed by atoms with E-state index >= 15 is 0 Å². The van der Waals surface area contributed by atoms with Crippen LogP contribution in [0.1, 0.15) is 5.56 Å². The molecule has 0 aliphatic rings. The van der Waals surface area contributed by atoms with Crippen LogP contribution < -0.4 is 5.43 Å². The molecule has 0 radical (unpaired) electrons. The SMILES string of the molecule is Oc1ccc(Cl)c(C=NNc2ccccc2)c1. The van der Waals surface area contributed by atoms with Gasteiger partial charge in [-0.2, -0.15) is 5.10 Å². The Balaban J connectivity index is 2.08. The van der Waals surface area contributed by atoms with E-state index in [1.54, 1.807) is 18.3 Å². The monoisotopic (exact) mass is 246 g/mol. The van der Waals surface area contributed by atoms with Crippen molar-refractivity contribution >= 4 is 23.5 Å². The lowest BCUT2D eigenvalue weighted by molar-refractivity contribution is 0.475. The second-order valence-electron chi connectivity index (χ2n) is 3.44. The Morgan fingerprint density at radius 1 is 1.12 bits per heavy atom. The molecular weight excluding hydrogens is 236 g/mol. The molecule has 0 atom stereocenters. The summed E-state index contributed by atoms with van der Waals surface area (Å²) in [7, 11) is 0. The number of anilines is 1. The number of nitrogens with one attached hydrogen (secondary N) is 1. The maximum Gasteiger partial charge on any atom is 0.116 e. The van der Waals surface area contributed by atoms with Gasteiger partial charge < -0.3 is 5.11 Å². The van der Waals surface area contributed by atoms with Crippen LogP contribution in [0.15, 0.2) is 53.6 Å². The van der Waals surface area contributed by atoms with Gasteiger partial charge in [0.1, 0.15) is 5.75 Å². The predicted octanol–water partition coefficient (Wildman–Crippen LogP) is 3.49. The first-order valence-corrected chi connectivity index (χ1v) is 5.46. The number of hydrazone groups is 1. The minimum absolute atomic E-state index is 0.163. The fourth-order valence-corrected chi connectivity index (χ4v) is 1.49. The van der Waals surface area contributed by atoms with Gasteiger partial charge in [-0.25, -0.2) is 0 Å². The third-order valence-corrected chi connectivity index (χ3v) is 2.49. The van der Waals surface area contributed by atoms with Crippen molar-refractivity contribution in [2.75, 3.05) is 5.43 Å². The molecular formula is C13H11ClN2O. The highest BCUT2D eigenvalue weighted by molar-refractivity contribution is 6.33. The lowest BCUT2D eigenvalue weighted by Gasteiger charge is -2.00. The highest BCUT2D eigenvalue weighted by atomic mass is 35.5. The summed E-state index contributed by atoms with van der Waals surface area (Å²) >= 11 is 5.95. The molecule has 0 fully saturated rings. The zero-order chi connectivity index (χ0) is 12.1. The number of phenols is 1. The second kappa shape index (κ2) is 5.37. The maximum absolute atomic E-state index is 9.31. The Morgan fingerprint density at radius 2 is 1.88 bits per heavy atom. The van der Waals surface area contributed by atoms with Gasteiger partial charge in [0.2, 0.25) is 0 Å². The van der Waals surface area contributed by atoms with Crippen molar-refractivity contribution in [3.05, 3.63) is 59.1 Å². The average molecular weight is 247 g/mol. The molecule has 4 heteroatoms. The van der Waals surface area contributed by atoms with Crippen molar-refractivity contribution in [2.45, 2.75) is 0 Å². The molecule has 2 aromatic rings. The number of hydrogen-bond donors (Lipinski definition) is 2. The van der Waals surface area contributed by atoms with Crippen LogP contribution in [0.5, 0.6) is 5.75 Å². The Bertz CT molecular complexity index is 526. The van der Waals surface area contributed by atoms with Crippen LogP contribution in [0.2, 0.25) is 5.02 Å². The summed E-state index contributed by atoms with van der Waals surface area (Å²) in [5.41, 5.74) is 4.42. The van der Waals surface area contributed by atoms with Crippen molar-refractivity contribution in [3.63, 3.8) is 0 Å². The van der Waals surface area contributed by atoms with Gasteiger partial charge in [0, 0.05) is 10.6 Å². The summed E-state index contributed by atoms with van der Waals surface area (Å²) in [6.45, 7) is 0. The van der Waals surface area contributed by atoms with Gasteiger partial charge in [0.15, 0.2) is 0 Å². The van der Waals surface area contributed by atoms with Crippen LogP contribution >= 0.6 is 11.6 Å². The highest BCUT2D eigenvalue weighted by Gasteiger charge is 1.98. The summed E-state index contributed by atoms with van der Waals surface area (Å²) in [6, 6.07) is 14.3. The zero-order valence-electron chi connectivity index (χ0n) is 8.97. The van der Waals surface area contributed by atoms with Gasteiger partial charge in [-0.3, -0.25) is 5.43 Å². The van der Waals surface area contributed by atoms with E-state index in [0.717, 1.165) is 5.69 Å². The smallest absolute Gasteiger partial charge is 0.116 e. The molecule has 3 nitrogen and oxygen atoms in total. The summed E-state index contributed by atoms with van der Waals surface area (Å²) < 4.78 is 0. The number of halogens is 1. The van der Waals surface area contributed by atoms with E-state index in [1.807, 2.05) is 30.3 Å². The molecule has 0 unspecified atom stereocenters. The van der Waals surface area contributed by atoms with E-state index in [9.17, 15) is 5.11 Å². The minimum atomic E-state index is 0.163. The third kappa shape index (κ3) is 3.23. The minimum Gasteiger partial charge on any atom is -0.508 e. The Morgan fingerprint density at radius 3 is 2.65 bits per heavy atom. The molecule has 2 N–H and O–H groups in total. The number of nitrogens with zero attached hydrogens (tertiary/aromatic N) is 1. The molecule has 86 valence electrons. The number of phenolic OH excluding ortho intramolecular Hbond substituents is 1. The number of hydrogen-bond acceptors (Lipinski definition) is 3. The molecule has 0 aliphatic heterocycles. The average Bonchev–Trinajstić information content (AvgIpc) is 2.35. The number of benzene rings is 2. The Labute approximate surface area is 104 Å².